The van der Waals surface area contributed by atoms with Crippen molar-refractivity contribution in [2.75, 3.05) is 5.32 Å². The summed E-state index contributed by atoms with van der Waals surface area (Å²) in [5, 5.41) is 3.46. The molecule has 0 spiro atoms. The van der Waals surface area contributed by atoms with Gasteiger partial charge in [-0.2, -0.15) is 0 Å². The van der Waals surface area contributed by atoms with Crippen LogP contribution in [0.25, 0.3) is 0 Å². The molecule has 6 heteroatoms. The second-order valence-electron chi connectivity index (χ2n) is 6.49. The predicted octanol–water partition coefficient (Wildman–Crippen LogP) is 4.07. The molecule has 4 nitrogen and oxygen atoms in total. The Morgan fingerprint density at radius 1 is 1.32 bits per heavy atom. The largest absolute Gasteiger partial charge is 0.331 e. The van der Waals surface area contributed by atoms with Crippen LogP contribution >= 0.6 is 23.6 Å². The average molecular weight is 374 g/mol. The molecule has 25 heavy (non-hydrogen) atoms. The van der Waals surface area contributed by atoms with Crippen LogP contribution in [0.3, 0.4) is 0 Å². The Labute approximate surface area is 158 Å². The van der Waals surface area contributed by atoms with Gasteiger partial charge in [-0.15, -0.1) is 11.3 Å². The third kappa shape index (κ3) is 4.58. The number of hydrazine groups is 1. The van der Waals surface area contributed by atoms with Crippen molar-refractivity contribution in [1.82, 2.24) is 10.9 Å². The molecule has 0 saturated heterocycles. The molecule has 1 aliphatic rings. The molecule has 0 unspecified atom stereocenters. The Kier molecular flexibility index (Phi) is 5.71. The van der Waals surface area contributed by atoms with E-state index in [1.807, 2.05) is 24.3 Å². The van der Waals surface area contributed by atoms with E-state index in [1.54, 1.807) is 11.3 Å². The zero-order valence-corrected chi connectivity index (χ0v) is 16.2. The molecular formula is C19H23N3OS2. The van der Waals surface area contributed by atoms with Crippen molar-refractivity contribution in [3.63, 3.8) is 0 Å². The molecule has 3 N–H and O–H groups in total. The van der Waals surface area contributed by atoms with E-state index in [0.29, 0.717) is 11.0 Å². The van der Waals surface area contributed by atoms with Crippen molar-refractivity contribution in [1.29, 1.82) is 0 Å². The zero-order valence-electron chi connectivity index (χ0n) is 14.5. The summed E-state index contributed by atoms with van der Waals surface area (Å²) < 4.78 is 0. The molecule has 0 saturated carbocycles. The van der Waals surface area contributed by atoms with E-state index in [0.717, 1.165) is 29.8 Å². The first-order valence-corrected chi connectivity index (χ1v) is 9.85. The van der Waals surface area contributed by atoms with Crippen molar-refractivity contribution in [3.05, 3.63) is 51.2 Å². The molecule has 2 aromatic rings. The lowest BCUT2D eigenvalue weighted by Gasteiger charge is -2.16. The summed E-state index contributed by atoms with van der Waals surface area (Å²) in [5.74, 6) is 0.560. The van der Waals surface area contributed by atoms with Gasteiger partial charge in [0.05, 0.1) is 4.88 Å². The Morgan fingerprint density at radius 2 is 2.16 bits per heavy atom. The summed E-state index contributed by atoms with van der Waals surface area (Å²) >= 11 is 6.84. The molecule has 1 heterocycles. The van der Waals surface area contributed by atoms with Gasteiger partial charge in [-0.25, -0.2) is 0 Å². The second-order valence-corrected chi connectivity index (χ2v) is 8.04. The predicted molar refractivity (Wildman–Crippen MR) is 108 cm³/mol. The molecule has 132 valence electrons. The fourth-order valence-corrected chi connectivity index (χ4v) is 4.30. The van der Waals surface area contributed by atoms with Crippen molar-refractivity contribution in [2.45, 2.75) is 39.5 Å². The van der Waals surface area contributed by atoms with Gasteiger partial charge in [0.1, 0.15) is 0 Å². The van der Waals surface area contributed by atoms with Gasteiger partial charge in [-0.3, -0.25) is 15.6 Å². The number of hydrogen-bond acceptors (Lipinski definition) is 3. The minimum absolute atomic E-state index is 0.140. The van der Waals surface area contributed by atoms with Crippen LogP contribution < -0.4 is 16.2 Å². The van der Waals surface area contributed by atoms with Crippen molar-refractivity contribution < 1.29 is 4.79 Å². The average Bonchev–Trinajstić information content (AvgIpc) is 3.03. The van der Waals surface area contributed by atoms with Crippen LogP contribution in [-0.2, 0) is 19.3 Å². The summed E-state index contributed by atoms with van der Waals surface area (Å²) in [7, 11) is 0. The van der Waals surface area contributed by atoms with Crippen LogP contribution in [0.15, 0.2) is 30.3 Å². The first-order valence-electron chi connectivity index (χ1n) is 8.63. The minimum Gasteiger partial charge on any atom is -0.331 e. The van der Waals surface area contributed by atoms with Crippen LogP contribution in [-0.4, -0.2) is 11.0 Å². The Morgan fingerprint density at radius 3 is 2.96 bits per heavy atom. The summed E-state index contributed by atoms with van der Waals surface area (Å²) in [4.78, 5) is 14.4. The third-order valence-electron chi connectivity index (χ3n) is 4.44. The van der Waals surface area contributed by atoms with E-state index in [1.165, 1.54) is 22.4 Å². The summed E-state index contributed by atoms with van der Waals surface area (Å²) in [6.45, 7) is 4.37. The molecular weight excluding hydrogens is 350 g/mol. The zero-order chi connectivity index (χ0) is 17.8. The summed E-state index contributed by atoms with van der Waals surface area (Å²) in [6, 6.07) is 10.1. The lowest BCUT2D eigenvalue weighted by molar-refractivity contribution is 0.0948. The van der Waals surface area contributed by atoms with Crippen LogP contribution in [0.5, 0.6) is 0 Å². The number of carbonyl (C=O) groups is 1. The number of hydrogen-bond donors (Lipinski definition) is 3. The number of thiophene rings is 1. The van der Waals surface area contributed by atoms with Crippen LogP contribution in [0.1, 0.15) is 45.9 Å². The van der Waals surface area contributed by atoms with Gasteiger partial charge in [0.25, 0.3) is 5.91 Å². The number of fused-ring (bicyclic) bond motifs is 1. The van der Waals surface area contributed by atoms with Gasteiger partial charge in [0.2, 0.25) is 0 Å². The standard InChI is InChI=1S/C19H23N3OS2/c1-3-13-5-4-6-15(10-13)20-19(24)22-21-18(23)17-11-14-9-12(2)7-8-16(14)25-17/h4-6,10-12H,3,7-9H2,1-2H3,(H,21,23)(H2,20,22,24)/t12-/m0/s1. The van der Waals surface area contributed by atoms with E-state index < -0.39 is 0 Å². The SMILES string of the molecule is CCc1cccc(NC(=S)NNC(=O)c2cc3c(s2)CC[C@H](C)C3)c1. The highest BCUT2D eigenvalue weighted by Crippen LogP contribution is 2.32. The molecule has 0 bridgehead atoms. The van der Waals surface area contributed by atoms with Crippen LogP contribution in [0.2, 0.25) is 0 Å². The molecule has 1 atom stereocenters. The number of amides is 1. The topological polar surface area (TPSA) is 53.2 Å². The van der Waals surface area contributed by atoms with Crippen molar-refractivity contribution in [2.24, 2.45) is 5.92 Å². The molecule has 3 rings (SSSR count). The molecule has 1 aromatic heterocycles. The monoisotopic (exact) mass is 373 g/mol. The fourth-order valence-electron chi connectivity index (χ4n) is 3.02. The highest BCUT2D eigenvalue weighted by Gasteiger charge is 2.20. The molecule has 0 aliphatic heterocycles. The van der Waals surface area contributed by atoms with Gasteiger partial charge >= 0.3 is 0 Å². The maximum Gasteiger partial charge on any atom is 0.279 e. The highest BCUT2D eigenvalue weighted by molar-refractivity contribution is 7.80. The molecule has 0 fully saturated rings. The summed E-state index contributed by atoms with van der Waals surface area (Å²) in [5.41, 5.74) is 8.93. The van der Waals surface area contributed by atoms with E-state index in [-0.39, 0.29) is 5.91 Å². The quantitative estimate of drug-likeness (QED) is 0.561. The fraction of sp³-hybridized carbons (Fsp3) is 0.368. The van der Waals surface area contributed by atoms with E-state index in [4.69, 9.17) is 12.2 Å². The molecule has 1 aliphatic carbocycles. The van der Waals surface area contributed by atoms with Crippen molar-refractivity contribution in [3.8, 4) is 0 Å². The number of thiocarbonyl (C=S) groups is 1. The Hall–Kier alpha value is -1.92. The number of nitrogens with one attached hydrogen (secondary N) is 3. The lowest BCUT2D eigenvalue weighted by Crippen LogP contribution is -2.43. The number of benzene rings is 1. The van der Waals surface area contributed by atoms with Gasteiger partial charge in [-0.05, 0) is 73.1 Å². The maximum absolute atomic E-state index is 12.4. The van der Waals surface area contributed by atoms with Gasteiger partial charge in [0, 0.05) is 10.6 Å². The smallest absolute Gasteiger partial charge is 0.279 e. The normalized spacial score (nSPS) is 16.0. The number of rotatable bonds is 3. The van der Waals surface area contributed by atoms with E-state index in [2.05, 4.69) is 36.1 Å². The molecule has 0 radical (unpaired) electrons. The van der Waals surface area contributed by atoms with Crippen molar-refractivity contribution >= 4 is 40.3 Å². The van der Waals surface area contributed by atoms with Gasteiger partial charge < -0.3 is 5.32 Å². The van der Waals surface area contributed by atoms with Gasteiger partial charge in [0.15, 0.2) is 5.11 Å². The van der Waals surface area contributed by atoms with Gasteiger partial charge in [-0.1, -0.05) is 26.0 Å². The Balaban J connectivity index is 1.54. The number of aryl methyl sites for hydroxylation is 2. The molecule has 1 aromatic carbocycles. The lowest BCUT2D eigenvalue weighted by atomic mass is 9.90. The van der Waals surface area contributed by atoms with Crippen LogP contribution in [0.4, 0.5) is 5.69 Å². The first-order chi connectivity index (χ1) is 12.0. The number of anilines is 1. The third-order valence-corrected chi connectivity index (χ3v) is 5.88. The van der Waals surface area contributed by atoms with Crippen LogP contribution in [0, 0.1) is 5.92 Å². The van der Waals surface area contributed by atoms with E-state index in [9.17, 15) is 4.79 Å². The van der Waals surface area contributed by atoms with E-state index >= 15 is 0 Å². The number of carbonyl (C=O) groups excluding carboxylic acids is 1. The Bertz CT molecular complexity index is 785. The maximum atomic E-state index is 12.4. The molecule has 1 amide bonds. The highest BCUT2D eigenvalue weighted by atomic mass is 32.1. The minimum atomic E-state index is -0.140. The first kappa shape index (κ1) is 17.9. The summed E-state index contributed by atoms with van der Waals surface area (Å²) in [6.07, 6.45) is 4.32. The second kappa shape index (κ2) is 7.97.